The van der Waals surface area contributed by atoms with Gasteiger partial charge in [0.05, 0.1) is 12.1 Å². The second kappa shape index (κ2) is 6.45. The van der Waals surface area contributed by atoms with Crippen molar-refractivity contribution in [2.45, 2.75) is 19.8 Å². The summed E-state index contributed by atoms with van der Waals surface area (Å²) in [7, 11) is 0. The van der Waals surface area contributed by atoms with Crippen molar-refractivity contribution >= 4 is 28.9 Å². The number of halogens is 1. The molecule has 7 heteroatoms. The van der Waals surface area contributed by atoms with E-state index in [1.807, 2.05) is 6.92 Å². The molecule has 0 atom stereocenters. The molecule has 2 rings (SSSR count). The van der Waals surface area contributed by atoms with Crippen molar-refractivity contribution in [2.24, 2.45) is 0 Å². The van der Waals surface area contributed by atoms with Gasteiger partial charge in [0.1, 0.15) is 15.7 Å². The van der Waals surface area contributed by atoms with E-state index in [1.54, 1.807) is 0 Å². The van der Waals surface area contributed by atoms with Crippen LogP contribution in [0.2, 0.25) is 0 Å². The fourth-order valence-corrected chi connectivity index (χ4v) is 2.75. The quantitative estimate of drug-likeness (QED) is 0.890. The highest BCUT2D eigenvalue weighted by molar-refractivity contribution is 7.13. The molecule has 0 saturated heterocycles. The summed E-state index contributed by atoms with van der Waals surface area (Å²) in [6.07, 6.45) is 0.486. The standard InChI is InChI=1S/C14H13FN2O3S/c1-2-10-13(14(19)20)21-12(17-10)7-11(18)16-9-5-3-8(15)4-6-9/h3-6H,2,7H2,1H3,(H,16,18)(H,19,20). The van der Waals surface area contributed by atoms with Gasteiger partial charge in [-0.3, -0.25) is 4.79 Å². The zero-order valence-corrected chi connectivity index (χ0v) is 12.0. The zero-order valence-electron chi connectivity index (χ0n) is 11.2. The Kier molecular flexibility index (Phi) is 4.64. The summed E-state index contributed by atoms with van der Waals surface area (Å²) >= 11 is 1.00. The minimum Gasteiger partial charge on any atom is -0.477 e. The summed E-state index contributed by atoms with van der Waals surface area (Å²) in [5, 5.41) is 12.1. The number of aryl methyl sites for hydroxylation is 1. The van der Waals surface area contributed by atoms with Gasteiger partial charge in [0.25, 0.3) is 0 Å². The average molecular weight is 308 g/mol. The fraction of sp³-hybridized carbons (Fsp3) is 0.214. The van der Waals surface area contributed by atoms with Crippen LogP contribution in [0.4, 0.5) is 10.1 Å². The van der Waals surface area contributed by atoms with Gasteiger partial charge in [-0.1, -0.05) is 6.92 Å². The first-order valence-corrected chi connectivity index (χ1v) is 7.08. The lowest BCUT2D eigenvalue weighted by Crippen LogP contribution is -2.14. The van der Waals surface area contributed by atoms with Gasteiger partial charge in [-0.25, -0.2) is 14.2 Å². The first-order valence-electron chi connectivity index (χ1n) is 6.27. The summed E-state index contributed by atoms with van der Waals surface area (Å²) in [6, 6.07) is 5.40. The van der Waals surface area contributed by atoms with Crippen LogP contribution in [0.5, 0.6) is 0 Å². The van der Waals surface area contributed by atoms with Crippen molar-refractivity contribution in [3.63, 3.8) is 0 Å². The molecule has 1 amide bonds. The number of aromatic nitrogens is 1. The molecule has 1 aromatic carbocycles. The highest BCUT2D eigenvalue weighted by Crippen LogP contribution is 2.20. The summed E-state index contributed by atoms with van der Waals surface area (Å²) in [6.45, 7) is 1.81. The third-order valence-electron chi connectivity index (χ3n) is 2.71. The van der Waals surface area contributed by atoms with Crippen molar-refractivity contribution < 1.29 is 19.1 Å². The molecule has 5 nitrogen and oxygen atoms in total. The molecule has 0 spiro atoms. The number of amides is 1. The summed E-state index contributed by atoms with van der Waals surface area (Å²) < 4.78 is 12.8. The molecule has 0 aliphatic carbocycles. The number of benzene rings is 1. The topological polar surface area (TPSA) is 79.3 Å². The second-order valence-corrected chi connectivity index (χ2v) is 5.36. The van der Waals surface area contributed by atoms with Gasteiger partial charge in [-0.15, -0.1) is 11.3 Å². The first-order chi connectivity index (χ1) is 9.99. The molecule has 1 aromatic heterocycles. The maximum absolute atomic E-state index is 12.8. The lowest BCUT2D eigenvalue weighted by Gasteiger charge is -2.03. The molecule has 0 unspecified atom stereocenters. The lowest BCUT2D eigenvalue weighted by atomic mass is 10.3. The van der Waals surface area contributed by atoms with Crippen LogP contribution in [0.25, 0.3) is 0 Å². The predicted octanol–water partition coefficient (Wildman–Crippen LogP) is 2.72. The Hall–Kier alpha value is -2.28. The normalized spacial score (nSPS) is 10.4. The number of carboxylic acids is 1. The molecule has 0 aliphatic heterocycles. The van der Waals surface area contributed by atoms with Crippen molar-refractivity contribution in [1.82, 2.24) is 4.98 Å². The minimum atomic E-state index is -1.03. The van der Waals surface area contributed by atoms with E-state index in [4.69, 9.17) is 5.11 Å². The highest BCUT2D eigenvalue weighted by Gasteiger charge is 2.17. The Labute approximate surface area is 124 Å². The molecule has 0 radical (unpaired) electrons. The monoisotopic (exact) mass is 308 g/mol. The lowest BCUT2D eigenvalue weighted by molar-refractivity contribution is -0.115. The number of thiazole rings is 1. The molecule has 110 valence electrons. The van der Waals surface area contributed by atoms with Crippen LogP contribution in [0.15, 0.2) is 24.3 Å². The van der Waals surface area contributed by atoms with Crippen LogP contribution >= 0.6 is 11.3 Å². The maximum atomic E-state index is 12.8. The van der Waals surface area contributed by atoms with Crippen molar-refractivity contribution in [1.29, 1.82) is 0 Å². The van der Waals surface area contributed by atoms with Crippen LogP contribution in [0.1, 0.15) is 27.3 Å². The van der Waals surface area contributed by atoms with Crippen molar-refractivity contribution in [3.8, 4) is 0 Å². The fourth-order valence-electron chi connectivity index (χ4n) is 1.76. The van der Waals surface area contributed by atoms with Gasteiger partial charge in [0.15, 0.2) is 0 Å². The van der Waals surface area contributed by atoms with E-state index in [2.05, 4.69) is 10.3 Å². The number of carbonyl (C=O) groups is 2. The van der Waals surface area contributed by atoms with E-state index in [1.165, 1.54) is 24.3 Å². The minimum absolute atomic E-state index is 0.0116. The summed E-state index contributed by atoms with van der Waals surface area (Å²) in [4.78, 5) is 27.2. The number of carboxylic acid groups (broad SMARTS) is 1. The van der Waals surface area contributed by atoms with E-state index in [-0.39, 0.29) is 23.0 Å². The molecule has 21 heavy (non-hydrogen) atoms. The number of anilines is 1. The molecular weight excluding hydrogens is 295 g/mol. The smallest absolute Gasteiger partial charge is 0.347 e. The van der Waals surface area contributed by atoms with E-state index in [0.29, 0.717) is 22.8 Å². The third-order valence-corrected chi connectivity index (χ3v) is 3.80. The van der Waals surface area contributed by atoms with Crippen LogP contribution < -0.4 is 5.32 Å². The maximum Gasteiger partial charge on any atom is 0.347 e. The van der Waals surface area contributed by atoms with E-state index < -0.39 is 5.97 Å². The Morgan fingerprint density at radius 2 is 2.00 bits per heavy atom. The van der Waals surface area contributed by atoms with Crippen molar-refractivity contribution in [3.05, 3.63) is 45.7 Å². The third kappa shape index (κ3) is 3.85. The van der Waals surface area contributed by atoms with E-state index >= 15 is 0 Å². The number of nitrogens with one attached hydrogen (secondary N) is 1. The van der Waals surface area contributed by atoms with E-state index in [0.717, 1.165) is 11.3 Å². The Morgan fingerprint density at radius 1 is 1.33 bits per heavy atom. The number of rotatable bonds is 5. The first kappa shape index (κ1) is 15.1. The van der Waals surface area contributed by atoms with Gasteiger partial charge in [0.2, 0.25) is 5.91 Å². The molecule has 0 fully saturated rings. The van der Waals surface area contributed by atoms with Gasteiger partial charge >= 0.3 is 5.97 Å². The number of hydrogen-bond donors (Lipinski definition) is 2. The van der Waals surface area contributed by atoms with Gasteiger partial charge in [-0.2, -0.15) is 0 Å². The van der Waals surface area contributed by atoms with Crippen LogP contribution in [-0.2, 0) is 17.6 Å². The Morgan fingerprint density at radius 3 is 2.52 bits per heavy atom. The zero-order chi connectivity index (χ0) is 15.4. The molecule has 2 N–H and O–H groups in total. The van der Waals surface area contributed by atoms with Crippen molar-refractivity contribution in [2.75, 3.05) is 5.32 Å². The number of nitrogens with zero attached hydrogens (tertiary/aromatic N) is 1. The molecule has 0 saturated carbocycles. The predicted molar refractivity (Wildman–Crippen MR) is 77.2 cm³/mol. The van der Waals surface area contributed by atoms with Gasteiger partial charge in [0, 0.05) is 5.69 Å². The SMILES string of the molecule is CCc1nc(CC(=O)Nc2ccc(F)cc2)sc1C(=O)O. The molecule has 0 aliphatic rings. The Bertz CT molecular complexity index is 667. The largest absolute Gasteiger partial charge is 0.477 e. The van der Waals surface area contributed by atoms with Gasteiger partial charge < -0.3 is 10.4 Å². The highest BCUT2D eigenvalue weighted by atomic mass is 32.1. The van der Waals surface area contributed by atoms with E-state index in [9.17, 15) is 14.0 Å². The summed E-state index contributed by atoms with van der Waals surface area (Å²) in [5.74, 6) is -1.74. The second-order valence-electron chi connectivity index (χ2n) is 4.27. The van der Waals surface area contributed by atoms with Crippen LogP contribution in [-0.4, -0.2) is 22.0 Å². The molecule has 2 aromatic rings. The number of carbonyl (C=O) groups excluding carboxylic acids is 1. The average Bonchev–Trinajstić information content (AvgIpc) is 2.84. The Balaban J connectivity index is 2.05. The summed E-state index contributed by atoms with van der Waals surface area (Å²) in [5.41, 5.74) is 0.962. The number of aromatic carboxylic acids is 1. The molecule has 1 heterocycles. The van der Waals surface area contributed by atoms with Crippen LogP contribution in [0, 0.1) is 5.82 Å². The molecular formula is C14H13FN2O3S. The molecule has 0 bridgehead atoms. The van der Waals surface area contributed by atoms with Gasteiger partial charge in [-0.05, 0) is 30.7 Å². The number of hydrogen-bond acceptors (Lipinski definition) is 4. The van der Waals surface area contributed by atoms with Crippen LogP contribution in [0.3, 0.4) is 0 Å².